The van der Waals surface area contributed by atoms with Crippen molar-refractivity contribution in [2.75, 3.05) is 13.1 Å². The molecule has 3 rings (SSSR count). The maximum Gasteiger partial charge on any atom is 0.0233 e. The summed E-state index contributed by atoms with van der Waals surface area (Å²) in [5.41, 5.74) is 6.99. The molecule has 30 heavy (non-hydrogen) atoms. The molecule has 0 aliphatic carbocycles. The van der Waals surface area contributed by atoms with E-state index in [2.05, 4.69) is 66.9 Å². The van der Waals surface area contributed by atoms with E-state index in [9.17, 15) is 0 Å². The highest BCUT2D eigenvalue weighted by molar-refractivity contribution is 5.26. The number of benzene rings is 2. The van der Waals surface area contributed by atoms with Gasteiger partial charge in [-0.2, -0.15) is 0 Å². The second-order valence-corrected chi connectivity index (χ2v) is 7.96. The predicted octanol–water partition coefficient (Wildman–Crippen LogP) is 8.02. The molecule has 0 aromatic heterocycles. The first-order chi connectivity index (χ1) is 14.7. The van der Waals surface area contributed by atoms with Crippen molar-refractivity contribution in [3.8, 4) is 0 Å². The summed E-state index contributed by atoms with van der Waals surface area (Å²) >= 11 is 0. The summed E-state index contributed by atoms with van der Waals surface area (Å²) in [5.74, 6) is 0. The second-order valence-electron chi connectivity index (χ2n) is 7.96. The van der Waals surface area contributed by atoms with Gasteiger partial charge >= 0.3 is 0 Å². The minimum Gasteiger partial charge on any atom is -0.299 e. The Morgan fingerprint density at radius 3 is 1.53 bits per heavy atom. The van der Waals surface area contributed by atoms with E-state index in [1.807, 2.05) is 27.7 Å². The molecule has 1 fully saturated rings. The number of aryl methyl sites for hydroxylation is 2. The van der Waals surface area contributed by atoms with Crippen molar-refractivity contribution in [1.29, 1.82) is 0 Å². The lowest BCUT2D eigenvalue weighted by atomic mass is 10.0. The van der Waals surface area contributed by atoms with Gasteiger partial charge in [-0.3, -0.25) is 4.90 Å². The van der Waals surface area contributed by atoms with Crippen LogP contribution in [0.2, 0.25) is 0 Å². The number of likely N-dealkylation sites (tertiary alicyclic amines) is 1. The summed E-state index contributed by atoms with van der Waals surface area (Å²) < 4.78 is 0. The van der Waals surface area contributed by atoms with Crippen LogP contribution in [-0.4, -0.2) is 18.0 Å². The van der Waals surface area contributed by atoms with Crippen LogP contribution in [0.25, 0.3) is 0 Å². The molecule has 1 nitrogen and oxygen atoms in total. The summed E-state index contributed by atoms with van der Waals surface area (Å²) in [7, 11) is 0. The van der Waals surface area contributed by atoms with Crippen LogP contribution in [0.5, 0.6) is 0 Å². The molecule has 1 heterocycles. The Morgan fingerprint density at radius 2 is 1.10 bits per heavy atom. The third-order valence-electron chi connectivity index (χ3n) is 5.34. The molecular formula is C29H45N. The van der Waals surface area contributed by atoms with Crippen LogP contribution < -0.4 is 0 Å². The molecule has 0 unspecified atom stereocenters. The number of hydrogen-bond acceptors (Lipinski definition) is 1. The van der Waals surface area contributed by atoms with E-state index in [-0.39, 0.29) is 0 Å². The SMILES string of the molecule is C=C(C)Cc1ccc(CCCCc2ccc(CN3CCCC3)cc2)cc1.CC.CC. The van der Waals surface area contributed by atoms with Gasteiger partial charge in [-0.15, -0.1) is 0 Å². The molecule has 1 aliphatic heterocycles. The van der Waals surface area contributed by atoms with E-state index in [1.165, 1.54) is 79.4 Å². The number of hydrogen-bond donors (Lipinski definition) is 0. The van der Waals surface area contributed by atoms with Gasteiger partial charge in [0.05, 0.1) is 0 Å². The lowest BCUT2D eigenvalue weighted by Crippen LogP contribution is -2.18. The first-order valence-electron chi connectivity index (χ1n) is 12.2. The third kappa shape index (κ3) is 10.3. The molecule has 1 saturated heterocycles. The molecule has 0 radical (unpaired) electrons. The van der Waals surface area contributed by atoms with Crippen molar-refractivity contribution in [3.63, 3.8) is 0 Å². The lowest BCUT2D eigenvalue weighted by molar-refractivity contribution is 0.331. The van der Waals surface area contributed by atoms with E-state index < -0.39 is 0 Å². The Morgan fingerprint density at radius 1 is 0.700 bits per heavy atom. The normalized spacial score (nSPS) is 13.1. The number of allylic oxidation sites excluding steroid dienone is 1. The Kier molecular flexibility index (Phi) is 13.9. The summed E-state index contributed by atoms with van der Waals surface area (Å²) in [5, 5.41) is 0. The smallest absolute Gasteiger partial charge is 0.0233 e. The minimum atomic E-state index is 0.994. The topological polar surface area (TPSA) is 3.24 Å². The van der Waals surface area contributed by atoms with Crippen LogP contribution >= 0.6 is 0 Å². The van der Waals surface area contributed by atoms with Gasteiger partial charge in [0.25, 0.3) is 0 Å². The molecule has 0 amide bonds. The van der Waals surface area contributed by atoms with Gasteiger partial charge in [0.2, 0.25) is 0 Å². The van der Waals surface area contributed by atoms with E-state index >= 15 is 0 Å². The maximum atomic E-state index is 3.99. The Hall–Kier alpha value is -1.86. The zero-order valence-corrected chi connectivity index (χ0v) is 20.3. The fourth-order valence-electron chi connectivity index (χ4n) is 3.84. The number of nitrogens with zero attached hydrogens (tertiary/aromatic N) is 1. The van der Waals surface area contributed by atoms with Gasteiger partial charge in [-0.1, -0.05) is 88.4 Å². The van der Waals surface area contributed by atoms with Gasteiger partial charge in [0, 0.05) is 6.54 Å². The van der Waals surface area contributed by atoms with Crippen molar-refractivity contribution in [2.45, 2.75) is 86.1 Å². The number of rotatable bonds is 9. The summed E-state index contributed by atoms with van der Waals surface area (Å²) in [4.78, 5) is 2.57. The van der Waals surface area contributed by atoms with Crippen LogP contribution in [0, 0.1) is 0 Å². The van der Waals surface area contributed by atoms with Gasteiger partial charge in [0.15, 0.2) is 0 Å². The number of unbranched alkanes of at least 4 members (excludes halogenated alkanes) is 1. The average Bonchev–Trinajstić information content (AvgIpc) is 3.29. The first kappa shape index (κ1) is 26.2. The van der Waals surface area contributed by atoms with Crippen LogP contribution in [0.15, 0.2) is 60.7 Å². The Labute approximate surface area is 187 Å². The molecule has 2 aromatic carbocycles. The van der Waals surface area contributed by atoms with Crippen LogP contribution in [0.1, 0.15) is 82.6 Å². The highest BCUT2D eigenvalue weighted by Crippen LogP contribution is 2.15. The molecule has 0 bridgehead atoms. The quantitative estimate of drug-likeness (QED) is 0.300. The largest absolute Gasteiger partial charge is 0.299 e. The van der Waals surface area contributed by atoms with Gasteiger partial charge in [-0.25, -0.2) is 0 Å². The van der Waals surface area contributed by atoms with E-state index in [1.54, 1.807) is 0 Å². The highest BCUT2D eigenvalue weighted by atomic mass is 15.1. The van der Waals surface area contributed by atoms with E-state index in [4.69, 9.17) is 0 Å². The average molecular weight is 408 g/mol. The first-order valence-corrected chi connectivity index (χ1v) is 12.2. The predicted molar refractivity (Wildman–Crippen MR) is 135 cm³/mol. The molecule has 0 saturated carbocycles. The Bertz CT molecular complexity index is 675. The van der Waals surface area contributed by atoms with Gasteiger partial charge < -0.3 is 0 Å². The maximum absolute atomic E-state index is 3.99. The second kappa shape index (κ2) is 15.9. The lowest BCUT2D eigenvalue weighted by Gasteiger charge is -2.14. The van der Waals surface area contributed by atoms with Gasteiger partial charge in [-0.05, 0) is 87.2 Å². The fourth-order valence-corrected chi connectivity index (χ4v) is 3.84. The van der Waals surface area contributed by atoms with Crippen LogP contribution in [-0.2, 0) is 25.8 Å². The third-order valence-corrected chi connectivity index (χ3v) is 5.34. The van der Waals surface area contributed by atoms with Crippen molar-refractivity contribution in [3.05, 3.63) is 82.9 Å². The minimum absolute atomic E-state index is 0.994. The molecule has 2 aromatic rings. The zero-order valence-electron chi connectivity index (χ0n) is 20.3. The zero-order chi connectivity index (χ0) is 22.2. The molecule has 0 spiro atoms. The van der Waals surface area contributed by atoms with Crippen LogP contribution in [0.3, 0.4) is 0 Å². The molecular weight excluding hydrogens is 362 g/mol. The standard InChI is InChI=1S/C25H33N.2C2H6/c1-21(2)19-24-13-9-22(10-14-24)7-3-4-8-23-11-15-25(16-12-23)20-26-17-5-6-18-26;2*1-2/h9-16H,1,3-8,17-20H2,2H3;2*1-2H3. The van der Waals surface area contributed by atoms with E-state index in [0.717, 1.165) is 13.0 Å². The highest BCUT2D eigenvalue weighted by Gasteiger charge is 2.11. The monoisotopic (exact) mass is 407 g/mol. The fraction of sp³-hybridized carbons (Fsp3) is 0.517. The van der Waals surface area contributed by atoms with E-state index in [0.29, 0.717) is 0 Å². The Balaban J connectivity index is 0.00000106. The van der Waals surface area contributed by atoms with Crippen LogP contribution in [0.4, 0.5) is 0 Å². The molecule has 0 N–H and O–H groups in total. The molecule has 0 atom stereocenters. The van der Waals surface area contributed by atoms with Crippen molar-refractivity contribution in [2.24, 2.45) is 0 Å². The molecule has 166 valence electrons. The summed E-state index contributed by atoms with van der Waals surface area (Å²) in [6.45, 7) is 17.8. The van der Waals surface area contributed by atoms with Crippen molar-refractivity contribution >= 4 is 0 Å². The molecule has 1 heteroatoms. The summed E-state index contributed by atoms with van der Waals surface area (Å²) in [6, 6.07) is 18.4. The van der Waals surface area contributed by atoms with Crippen molar-refractivity contribution < 1.29 is 0 Å². The van der Waals surface area contributed by atoms with Crippen molar-refractivity contribution in [1.82, 2.24) is 4.90 Å². The molecule has 1 aliphatic rings. The summed E-state index contributed by atoms with van der Waals surface area (Å²) in [6.07, 6.45) is 8.63. The van der Waals surface area contributed by atoms with Gasteiger partial charge in [0.1, 0.15) is 0 Å².